The lowest BCUT2D eigenvalue weighted by Gasteiger charge is -2.35. The van der Waals surface area contributed by atoms with E-state index in [1.807, 2.05) is 0 Å². The Morgan fingerprint density at radius 1 is 0.677 bits per heavy atom. The van der Waals surface area contributed by atoms with E-state index in [9.17, 15) is 0 Å². The zero-order valence-corrected chi connectivity index (χ0v) is 22.2. The van der Waals surface area contributed by atoms with Crippen LogP contribution >= 0.6 is 0 Å². The number of fused-ring (bicyclic) bond motifs is 2. The molecule has 0 nitrogen and oxygen atoms in total. The van der Waals surface area contributed by atoms with Crippen LogP contribution in [-0.2, 0) is 21.7 Å². The van der Waals surface area contributed by atoms with Crippen molar-refractivity contribution < 1.29 is 0 Å². The van der Waals surface area contributed by atoms with E-state index in [0.29, 0.717) is 10.8 Å². The van der Waals surface area contributed by atoms with E-state index >= 15 is 0 Å². The van der Waals surface area contributed by atoms with Crippen molar-refractivity contribution in [3.8, 4) is 0 Å². The van der Waals surface area contributed by atoms with Gasteiger partial charge < -0.3 is 0 Å². The van der Waals surface area contributed by atoms with E-state index in [2.05, 4.69) is 91.8 Å². The van der Waals surface area contributed by atoms with Gasteiger partial charge in [0.2, 0.25) is 0 Å². The fourth-order valence-electron chi connectivity index (χ4n) is 7.41. The van der Waals surface area contributed by atoms with E-state index in [-0.39, 0.29) is 10.8 Å². The number of hydrogen-bond acceptors (Lipinski definition) is 0. The van der Waals surface area contributed by atoms with E-state index in [0.717, 1.165) is 9.52 Å². The van der Waals surface area contributed by atoms with Gasteiger partial charge in [-0.3, -0.25) is 0 Å². The van der Waals surface area contributed by atoms with Gasteiger partial charge in [0, 0.05) is 0 Å². The lowest BCUT2D eigenvalue weighted by molar-refractivity contribution is 0.324. The predicted octanol–water partition coefficient (Wildman–Crippen LogP) is 6.82. The molecule has 166 valence electrons. The van der Waals surface area contributed by atoms with Gasteiger partial charge in [-0.2, -0.15) is 0 Å². The highest BCUT2D eigenvalue weighted by atomic mass is 28.2. The highest BCUT2D eigenvalue weighted by Gasteiger charge is 2.53. The van der Waals surface area contributed by atoms with Crippen LogP contribution in [-0.4, -0.2) is 9.52 Å². The van der Waals surface area contributed by atoms with Gasteiger partial charge >= 0.3 is 0 Å². The summed E-state index contributed by atoms with van der Waals surface area (Å²) in [7, 11) is 0.758. The zero-order valence-electron chi connectivity index (χ0n) is 21.2. The molecule has 2 radical (unpaired) electrons. The molecule has 0 atom stereocenters. The standard InChI is InChI=1S/C30H42Si/c1-9-29(10-2)19-27(5,6)22-18-23-25(30(11-3,12-4)20-28(23,7)8)26(24(22)29)31-21-16-14-13-15-17-21/h13-18H,9-12,19-20H2,1-8H3. The third-order valence-electron chi connectivity index (χ3n) is 9.16. The molecule has 0 amide bonds. The van der Waals surface area contributed by atoms with E-state index in [1.54, 1.807) is 27.4 Å². The molecule has 0 aromatic heterocycles. The highest BCUT2D eigenvalue weighted by Crippen LogP contribution is 2.58. The minimum Gasteiger partial charge on any atom is -0.0645 e. The SMILES string of the molecule is CCC1(CC)CC(C)(C)c2cc3c(c([Si]c4ccccc4)c21)C(CC)(CC)CC3(C)C. The molecule has 2 aromatic carbocycles. The second kappa shape index (κ2) is 7.61. The van der Waals surface area contributed by atoms with Gasteiger partial charge in [0.1, 0.15) is 9.52 Å². The summed E-state index contributed by atoms with van der Waals surface area (Å²) >= 11 is 0. The van der Waals surface area contributed by atoms with Crippen molar-refractivity contribution in [2.24, 2.45) is 0 Å². The van der Waals surface area contributed by atoms with Gasteiger partial charge in [0.15, 0.2) is 0 Å². The van der Waals surface area contributed by atoms with Gasteiger partial charge in [-0.05, 0) is 82.4 Å². The van der Waals surface area contributed by atoms with Crippen molar-refractivity contribution in [2.45, 2.75) is 116 Å². The Morgan fingerprint density at radius 3 is 1.48 bits per heavy atom. The Hall–Kier alpha value is -1.34. The lowest BCUT2D eigenvalue weighted by atomic mass is 9.72. The third kappa shape index (κ3) is 3.29. The normalized spacial score (nSPS) is 21.7. The number of benzene rings is 2. The first kappa shape index (κ1) is 22.8. The Labute approximate surface area is 194 Å². The average Bonchev–Trinajstić information content (AvgIpc) is 3.14. The van der Waals surface area contributed by atoms with E-state index in [4.69, 9.17) is 0 Å². The van der Waals surface area contributed by atoms with Crippen LogP contribution in [0.15, 0.2) is 36.4 Å². The van der Waals surface area contributed by atoms with Crippen molar-refractivity contribution >= 4 is 19.9 Å². The lowest BCUT2D eigenvalue weighted by Crippen LogP contribution is -2.42. The molecule has 2 aliphatic rings. The fourth-order valence-corrected chi connectivity index (χ4v) is 9.11. The summed E-state index contributed by atoms with van der Waals surface area (Å²) in [5, 5.41) is 3.23. The smallest absolute Gasteiger partial charge is 0.0645 e. The summed E-state index contributed by atoms with van der Waals surface area (Å²) in [6.07, 6.45) is 7.59. The first-order chi connectivity index (χ1) is 14.6. The molecule has 0 saturated heterocycles. The molecule has 0 bridgehead atoms. The number of rotatable bonds is 6. The molecule has 31 heavy (non-hydrogen) atoms. The van der Waals surface area contributed by atoms with Crippen molar-refractivity contribution in [1.29, 1.82) is 0 Å². The fraction of sp³-hybridized carbons (Fsp3) is 0.600. The Bertz CT molecular complexity index is 899. The second-order valence-electron chi connectivity index (χ2n) is 11.7. The van der Waals surface area contributed by atoms with Gasteiger partial charge in [0.25, 0.3) is 0 Å². The maximum atomic E-state index is 2.70. The molecule has 0 saturated carbocycles. The van der Waals surface area contributed by atoms with Crippen molar-refractivity contribution in [3.05, 3.63) is 58.7 Å². The van der Waals surface area contributed by atoms with Gasteiger partial charge in [-0.25, -0.2) is 0 Å². The van der Waals surface area contributed by atoms with Crippen molar-refractivity contribution in [1.82, 2.24) is 0 Å². The first-order valence-electron chi connectivity index (χ1n) is 12.6. The predicted molar refractivity (Wildman–Crippen MR) is 138 cm³/mol. The van der Waals surface area contributed by atoms with E-state index in [1.165, 1.54) is 43.7 Å². The molecule has 1 heteroatoms. The summed E-state index contributed by atoms with van der Waals surface area (Å²) in [5.41, 5.74) is 8.02. The molecule has 4 rings (SSSR count). The molecule has 2 aliphatic carbocycles. The topological polar surface area (TPSA) is 0 Å². The Balaban J connectivity index is 2.12. The van der Waals surface area contributed by atoms with Gasteiger partial charge in [0.05, 0.1) is 0 Å². The minimum atomic E-state index is 0.256. The quantitative estimate of drug-likeness (QED) is 0.441. The molecule has 0 heterocycles. The van der Waals surface area contributed by atoms with Crippen LogP contribution in [0.2, 0.25) is 0 Å². The van der Waals surface area contributed by atoms with Crippen LogP contribution in [0.4, 0.5) is 0 Å². The van der Waals surface area contributed by atoms with Gasteiger partial charge in [-0.1, -0.05) is 102 Å². The highest BCUT2D eigenvalue weighted by molar-refractivity contribution is 6.68. The van der Waals surface area contributed by atoms with Crippen molar-refractivity contribution in [2.75, 3.05) is 0 Å². The summed E-state index contributed by atoms with van der Waals surface area (Å²) in [6.45, 7) is 19.8. The Kier molecular flexibility index (Phi) is 5.61. The molecule has 0 N–H and O–H groups in total. The van der Waals surface area contributed by atoms with Crippen LogP contribution < -0.4 is 10.4 Å². The van der Waals surface area contributed by atoms with Crippen molar-refractivity contribution in [3.63, 3.8) is 0 Å². The molecule has 0 unspecified atom stereocenters. The number of hydrogen-bond donors (Lipinski definition) is 0. The average molecular weight is 431 g/mol. The Morgan fingerprint density at radius 2 is 1.10 bits per heavy atom. The van der Waals surface area contributed by atoms with Gasteiger partial charge in [-0.15, -0.1) is 0 Å². The summed E-state index contributed by atoms with van der Waals surface area (Å²) in [5.74, 6) is 0. The van der Waals surface area contributed by atoms with Crippen LogP contribution in [0.25, 0.3) is 0 Å². The van der Waals surface area contributed by atoms with Crippen LogP contribution in [0.5, 0.6) is 0 Å². The van der Waals surface area contributed by atoms with Crippen LogP contribution in [0.3, 0.4) is 0 Å². The second-order valence-corrected chi connectivity index (χ2v) is 13.0. The van der Waals surface area contributed by atoms with Crippen LogP contribution in [0.1, 0.15) is 116 Å². The molecule has 0 aliphatic heterocycles. The largest absolute Gasteiger partial charge is 0.122 e. The maximum absolute atomic E-state index is 2.70. The van der Waals surface area contributed by atoms with Crippen LogP contribution in [0, 0.1) is 0 Å². The molecular formula is C30H42Si. The molecular weight excluding hydrogens is 388 g/mol. The molecule has 2 aromatic rings. The summed E-state index contributed by atoms with van der Waals surface area (Å²) in [4.78, 5) is 0. The van der Waals surface area contributed by atoms with E-state index < -0.39 is 0 Å². The minimum absolute atomic E-state index is 0.256. The monoisotopic (exact) mass is 430 g/mol. The molecule has 0 fully saturated rings. The molecule has 0 spiro atoms. The summed E-state index contributed by atoms with van der Waals surface area (Å²) in [6, 6.07) is 14.0. The first-order valence-corrected chi connectivity index (χ1v) is 13.6. The summed E-state index contributed by atoms with van der Waals surface area (Å²) < 4.78 is 0. The maximum Gasteiger partial charge on any atom is 0.122 e. The third-order valence-corrected chi connectivity index (χ3v) is 10.5. The zero-order chi connectivity index (χ0) is 22.7.